The van der Waals surface area contributed by atoms with Crippen LogP contribution in [0.5, 0.6) is 5.75 Å². The van der Waals surface area contributed by atoms with Gasteiger partial charge in [-0.05, 0) is 6.92 Å². The molecule has 1 fully saturated rings. The molecule has 1 aromatic heterocycles. The normalized spacial score (nSPS) is 19.8. The van der Waals surface area contributed by atoms with Crippen molar-refractivity contribution < 1.29 is 19.1 Å². The minimum Gasteiger partial charge on any atom is -0.502 e. The van der Waals surface area contributed by atoms with Crippen molar-refractivity contribution in [1.82, 2.24) is 10.2 Å². The van der Waals surface area contributed by atoms with Crippen LogP contribution in [0.15, 0.2) is 21.5 Å². The maximum atomic E-state index is 11.9. The van der Waals surface area contributed by atoms with Crippen LogP contribution in [0.3, 0.4) is 0 Å². The lowest BCUT2D eigenvalue weighted by Gasteiger charge is -2.33. The molecule has 7 heteroatoms. The molecule has 0 aliphatic carbocycles. The summed E-state index contributed by atoms with van der Waals surface area (Å²) in [6.07, 6.45) is 1.01. The molecule has 0 spiro atoms. The van der Waals surface area contributed by atoms with Crippen LogP contribution >= 0.6 is 0 Å². The van der Waals surface area contributed by atoms with Gasteiger partial charge >= 0.3 is 5.97 Å². The Morgan fingerprint density at radius 2 is 2.45 bits per heavy atom. The van der Waals surface area contributed by atoms with Crippen LogP contribution in [0.4, 0.5) is 0 Å². The number of rotatable bonds is 4. The van der Waals surface area contributed by atoms with Gasteiger partial charge in [-0.1, -0.05) is 0 Å². The van der Waals surface area contributed by atoms with E-state index in [2.05, 4.69) is 5.32 Å². The molecule has 0 amide bonds. The van der Waals surface area contributed by atoms with Gasteiger partial charge in [-0.3, -0.25) is 14.5 Å². The Labute approximate surface area is 116 Å². The lowest BCUT2D eigenvalue weighted by Crippen LogP contribution is -2.54. The summed E-state index contributed by atoms with van der Waals surface area (Å²) in [5.74, 6) is -0.305. The van der Waals surface area contributed by atoms with Crippen LogP contribution in [0.2, 0.25) is 0 Å². The van der Waals surface area contributed by atoms with Crippen LogP contribution < -0.4 is 10.7 Å². The number of nitrogens with one attached hydrogen (secondary N) is 1. The zero-order valence-corrected chi connectivity index (χ0v) is 11.3. The van der Waals surface area contributed by atoms with Crippen LogP contribution in [0, 0.1) is 0 Å². The van der Waals surface area contributed by atoms with Crippen molar-refractivity contribution >= 4 is 5.97 Å². The van der Waals surface area contributed by atoms with Crippen LogP contribution in [0.1, 0.15) is 12.7 Å². The maximum absolute atomic E-state index is 11.9. The van der Waals surface area contributed by atoms with E-state index in [0.717, 1.165) is 12.8 Å². The molecule has 7 nitrogen and oxygen atoms in total. The Balaban J connectivity index is 2.10. The first kappa shape index (κ1) is 14.5. The van der Waals surface area contributed by atoms with Crippen LogP contribution in [-0.2, 0) is 16.1 Å². The largest absolute Gasteiger partial charge is 0.502 e. The van der Waals surface area contributed by atoms with Crippen molar-refractivity contribution in [3.05, 3.63) is 28.3 Å². The lowest BCUT2D eigenvalue weighted by atomic mass is 10.2. The highest BCUT2D eigenvalue weighted by Crippen LogP contribution is 2.12. The number of aromatic hydroxyl groups is 1. The summed E-state index contributed by atoms with van der Waals surface area (Å²) in [6.45, 7) is 4.31. The SMILES string of the molecule is CCOC(=O)C1CNCCN1Cc1cc(=O)c(O)co1. The zero-order chi connectivity index (χ0) is 14.5. The molecular formula is C13H18N2O5. The van der Waals surface area contributed by atoms with Gasteiger partial charge in [0.25, 0.3) is 0 Å². The Morgan fingerprint density at radius 1 is 1.65 bits per heavy atom. The first-order valence-electron chi connectivity index (χ1n) is 6.54. The summed E-state index contributed by atoms with van der Waals surface area (Å²) in [4.78, 5) is 25.1. The Morgan fingerprint density at radius 3 is 3.15 bits per heavy atom. The first-order chi connectivity index (χ1) is 9.61. The first-order valence-corrected chi connectivity index (χ1v) is 6.54. The van der Waals surface area contributed by atoms with Crippen molar-refractivity contribution in [3.8, 4) is 5.75 Å². The second-order valence-corrected chi connectivity index (χ2v) is 4.54. The van der Waals surface area contributed by atoms with Gasteiger partial charge in [-0.15, -0.1) is 0 Å². The monoisotopic (exact) mass is 282 g/mol. The van der Waals surface area contributed by atoms with Gasteiger partial charge < -0.3 is 19.6 Å². The summed E-state index contributed by atoms with van der Waals surface area (Å²) >= 11 is 0. The molecular weight excluding hydrogens is 264 g/mol. The summed E-state index contributed by atoms with van der Waals surface area (Å²) in [7, 11) is 0. The van der Waals surface area contributed by atoms with E-state index in [1.54, 1.807) is 6.92 Å². The van der Waals surface area contributed by atoms with Crippen molar-refractivity contribution in [2.45, 2.75) is 19.5 Å². The van der Waals surface area contributed by atoms with Gasteiger partial charge in [0.15, 0.2) is 5.75 Å². The van der Waals surface area contributed by atoms with E-state index in [1.807, 2.05) is 4.90 Å². The van der Waals surface area contributed by atoms with Gasteiger partial charge in [0.1, 0.15) is 18.1 Å². The van der Waals surface area contributed by atoms with Crippen LogP contribution in [0.25, 0.3) is 0 Å². The van der Waals surface area contributed by atoms with E-state index in [-0.39, 0.29) is 5.97 Å². The van der Waals surface area contributed by atoms with Crippen molar-refractivity contribution in [2.24, 2.45) is 0 Å². The number of ether oxygens (including phenoxy) is 1. The highest BCUT2D eigenvalue weighted by molar-refractivity contribution is 5.76. The standard InChI is InChI=1S/C13H18N2O5/c1-2-19-13(18)10-6-14-3-4-15(10)7-9-5-11(16)12(17)8-20-9/h5,8,10,14,17H,2-4,6-7H2,1H3. The number of carbonyl (C=O) groups is 1. The lowest BCUT2D eigenvalue weighted by molar-refractivity contribution is -0.150. The van der Waals surface area contributed by atoms with Crippen molar-refractivity contribution in [2.75, 3.05) is 26.2 Å². The fourth-order valence-corrected chi connectivity index (χ4v) is 2.13. The van der Waals surface area contributed by atoms with Crippen LogP contribution in [-0.4, -0.2) is 48.3 Å². The zero-order valence-electron chi connectivity index (χ0n) is 11.3. The van der Waals surface area contributed by atoms with Gasteiger partial charge in [-0.25, -0.2) is 0 Å². The Kier molecular flexibility index (Phi) is 4.75. The number of hydrogen-bond acceptors (Lipinski definition) is 7. The quantitative estimate of drug-likeness (QED) is 0.731. The molecule has 0 aromatic carbocycles. The van der Waals surface area contributed by atoms with E-state index in [1.165, 1.54) is 6.07 Å². The average Bonchev–Trinajstić information content (AvgIpc) is 2.44. The number of nitrogens with zero attached hydrogens (tertiary/aromatic N) is 1. The molecule has 2 N–H and O–H groups in total. The van der Waals surface area contributed by atoms with E-state index < -0.39 is 17.2 Å². The summed E-state index contributed by atoms with van der Waals surface area (Å²) in [6, 6.07) is 0.836. The van der Waals surface area contributed by atoms with Gasteiger partial charge in [0, 0.05) is 25.7 Å². The fourth-order valence-electron chi connectivity index (χ4n) is 2.13. The summed E-state index contributed by atoms with van der Waals surface area (Å²) < 4.78 is 10.2. The molecule has 1 unspecified atom stereocenters. The average molecular weight is 282 g/mol. The number of piperazine rings is 1. The molecule has 0 radical (unpaired) electrons. The van der Waals surface area contributed by atoms with Gasteiger partial charge in [-0.2, -0.15) is 0 Å². The van der Waals surface area contributed by atoms with E-state index in [9.17, 15) is 9.59 Å². The molecule has 0 bridgehead atoms. The molecule has 1 saturated heterocycles. The second-order valence-electron chi connectivity index (χ2n) is 4.54. The van der Waals surface area contributed by atoms with Crippen molar-refractivity contribution in [1.29, 1.82) is 0 Å². The fraction of sp³-hybridized carbons (Fsp3) is 0.538. The van der Waals surface area contributed by atoms with E-state index in [0.29, 0.717) is 32.0 Å². The Bertz CT molecular complexity index is 528. The smallest absolute Gasteiger partial charge is 0.324 e. The molecule has 2 heterocycles. The molecule has 20 heavy (non-hydrogen) atoms. The molecule has 1 aliphatic heterocycles. The minimum atomic E-state index is -0.492. The Hall–Kier alpha value is -1.86. The minimum absolute atomic E-state index is 0.291. The predicted octanol–water partition coefficient (Wildman–Crippen LogP) is -0.318. The predicted molar refractivity (Wildman–Crippen MR) is 70.3 cm³/mol. The van der Waals surface area contributed by atoms with Crippen molar-refractivity contribution in [3.63, 3.8) is 0 Å². The highest BCUT2D eigenvalue weighted by atomic mass is 16.5. The number of carbonyl (C=O) groups excluding carboxylic acids is 1. The molecule has 0 saturated carbocycles. The third-order valence-electron chi connectivity index (χ3n) is 3.14. The molecule has 1 aromatic rings. The molecule has 1 aliphatic rings. The second kappa shape index (κ2) is 6.53. The topological polar surface area (TPSA) is 92.0 Å². The molecule has 2 rings (SSSR count). The maximum Gasteiger partial charge on any atom is 0.324 e. The highest BCUT2D eigenvalue weighted by Gasteiger charge is 2.30. The third-order valence-corrected chi connectivity index (χ3v) is 3.14. The van der Waals surface area contributed by atoms with Gasteiger partial charge in [0.05, 0.1) is 13.2 Å². The molecule has 1 atom stereocenters. The number of hydrogen-bond donors (Lipinski definition) is 2. The molecule has 110 valence electrons. The summed E-state index contributed by atoms with van der Waals surface area (Å²) in [5.41, 5.74) is -0.492. The van der Waals surface area contributed by atoms with E-state index >= 15 is 0 Å². The summed E-state index contributed by atoms with van der Waals surface area (Å²) in [5, 5.41) is 12.3. The van der Waals surface area contributed by atoms with Gasteiger partial charge in [0.2, 0.25) is 5.43 Å². The van der Waals surface area contributed by atoms with E-state index in [4.69, 9.17) is 14.3 Å². The number of esters is 1. The third kappa shape index (κ3) is 3.37.